The number of anilines is 1. The van der Waals surface area contributed by atoms with Crippen molar-refractivity contribution in [3.63, 3.8) is 0 Å². The summed E-state index contributed by atoms with van der Waals surface area (Å²) in [5.41, 5.74) is 0.851. The predicted molar refractivity (Wildman–Crippen MR) is 82.8 cm³/mol. The first-order valence-electron chi connectivity index (χ1n) is 6.29. The molecular weight excluding hydrogens is 283 g/mol. The third kappa shape index (κ3) is 3.86. The Morgan fingerprint density at radius 2 is 2.16 bits per heavy atom. The van der Waals surface area contributed by atoms with Crippen LogP contribution in [0.15, 0.2) is 23.2 Å². The van der Waals surface area contributed by atoms with Gasteiger partial charge < -0.3 is 5.32 Å². The highest BCUT2D eigenvalue weighted by Gasteiger charge is 2.27. The van der Waals surface area contributed by atoms with E-state index in [1.54, 1.807) is 17.8 Å². The number of aliphatic imine (C=N–C) groups is 1. The third-order valence-electron chi connectivity index (χ3n) is 3.08. The summed E-state index contributed by atoms with van der Waals surface area (Å²) in [5.74, 6) is 0.702. The van der Waals surface area contributed by atoms with Crippen molar-refractivity contribution in [3.8, 4) is 0 Å². The molecule has 0 spiro atoms. The topological polar surface area (TPSA) is 24.4 Å². The van der Waals surface area contributed by atoms with E-state index >= 15 is 0 Å². The molecule has 0 radical (unpaired) electrons. The minimum atomic E-state index is -0.332. The van der Waals surface area contributed by atoms with Crippen LogP contribution in [0, 0.1) is 11.2 Å². The molecular formula is C14H18ClFN2S. The van der Waals surface area contributed by atoms with Gasteiger partial charge in [-0.05, 0) is 30.0 Å². The van der Waals surface area contributed by atoms with Crippen molar-refractivity contribution in [2.45, 2.75) is 33.2 Å². The lowest BCUT2D eigenvalue weighted by atomic mass is 9.85. The SMILES string of the molecule is CC(C)(C)C1CCSC(Nc2ccc(F)cc2Cl)=N1. The molecule has 0 aliphatic carbocycles. The van der Waals surface area contributed by atoms with Gasteiger partial charge in [0.15, 0.2) is 5.17 Å². The summed E-state index contributed by atoms with van der Waals surface area (Å²) in [5, 5.41) is 4.43. The molecule has 1 aliphatic heterocycles. The molecule has 1 aliphatic rings. The Morgan fingerprint density at radius 1 is 1.42 bits per heavy atom. The van der Waals surface area contributed by atoms with Crippen LogP contribution < -0.4 is 5.32 Å². The van der Waals surface area contributed by atoms with Gasteiger partial charge >= 0.3 is 0 Å². The number of nitrogens with one attached hydrogen (secondary N) is 1. The van der Waals surface area contributed by atoms with E-state index in [2.05, 4.69) is 26.1 Å². The molecule has 1 aromatic carbocycles. The molecule has 0 amide bonds. The number of benzene rings is 1. The van der Waals surface area contributed by atoms with Gasteiger partial charge in [-0.25, -0.2) is 4.39 Å². The molecule has 5 heteroatoms. The van der Waals surface area contributed by atoms with E-state index in [0.29, 0.717) is 16.8 Å². The van der Waals surface area contributed by atoms with Crippen molar-refractivity contribution < 1.29 is 4.39 Å². The third-order valence-corrected chi connectivity index (χ3v) is 4.31. The molecule has 1 unspecified atom stereocenters. The van der Waals surface area contributed by atoms with Crippen molar-refractivity contribution in [3.05, 3.63) is 29.0 Å². The van der Waals surface area contributed by atoms with E-state index in [9.17, 15) is 4.39 Å². The molecule has 2 rings (SSSR count). The number of halogens is 2. The van der Waals surface area contributed by atoms with Crippen molar-refractivity contribution in [1.82, 2.24) is 0 Å². The van der Waals surface area contributed by atoms with E-state index in [4.69, 9.17) is 16.6 Å². The molecule has 104 valence electrons. The van der Waals surface area contributed by atoms with Gasteiger partial charge in [-0.2, -0.15) is 0 Å². The van der Waals surface area contributed by atoms with Crippen LogP contribution in [0.25, 0.3) is 0 Å². The van der Waals surface area contributed by atoms with Crippen LogP contribution >= 0.6 is 23.4 Å². The highest BCUT2D eigenvalue weighted by atomic mass is 35.5. The highest BCUT2D eigenvalue weighted by molar-refractivity contribution is 8.14. The first-order valence-corrected chi connectivity index (χ1v) is 7.65. The number of amidine groups is 1. The molecule has 0 aromatic heterocycles. The summed E-state index contributed by atoms with van der Waals surface area (Å²) in [6.45, 7) is 6.58. The first-order chi connectivity index (χ1) is 8.86. The van der Waals surface area contributed by atoms with E-state index in [0.717, 1.165) is 17.3 Å². The quantitative estimate of drug-likeness (QED) is 0.805. The highest BCUT2D eigenvalue weighted by Crippen LogP contribution is 2.32. The summed E-state index contributed by atoms with van der Waals surface area (Å²) in [4.78, 5) is 4.73. The Hall–Kier alpha value is -0.740. The molecule has 1 heterocycles. The monoisotopic (exact) mass is 300 g/mol. The zero-order valence-electron chi connectivity index (χ0n) is 11.3. The zero-order valence-corrected chi connectivity index (χ0v) is 12.9. The van der Waals surface area contributed by atoms with Crippen molar-refractivity contribution in [2.24, 2.45) is 10.4 Å². The molecule has 1 N–H and O–H groups in total. The number of hydrogen-bond donors (Lipinski definition) is 1. The zero-order chi connectivity index (χ0) is 14.0. The summed E-state index contributed by atoms with van der Waals surface area (Å²) >= 11 is 7.69. The van der Waals surface area contributed by atoms with Crippen LogP contribution in [-0.4, -0.2) is 17.0 Å². The number of hydrogen-bond acceptors (Lipinski definition) is 3. The van der Waals surface area contributed by atoms with Crippen molar-refractivity contribution in [1.29, 1.82) is 0 Å². The summed E-state index contributed by atoms with van der Waals surface area (Å²) in [6.07, 6.45) is 1.08. The number of nitrogens with zero attached hydrogens (tertiary/aromatic N) is 1. The normalized spacial score (nSPS) is 20.1. The number of rotatable bonds is 1. The fourth-order valence-corrected chi connectivity index (χ4v) is 3.04. The molecule has 1 aromatic rings. The minimum absolute atomic E-state index is 0.153. The minimum Gasteiger partial charge on any atom is -0.334 e. The summed E-state index contributed by atoms with van der Waals surface area (Å²) in [7, 11) is 0. The predicted octanol–water partition coefficient (Wildman–Crippen LogP) is 4.80. The van der Waals surface area contributed by atoms with Crippen molar-refractivity contribution >= 4 is 34.2 Å². The van der Waals surface area contributed by atoms with Crippen LogP contribution in [0.5, 0.6) is 0 Å². The maximum Gasteiger partial charge on any atom is 0.161 e. The fourth-order valence-electron chi connectivity index (χ4n) is 1.91. The largest absolute Gasteiger partial charge is 0.334 e. The summed E-state index contributed by atoms with van der Waals surface area (Å²) < 4.78 is 13.0. The van der Waals surface area contributed by atoms with Gasteiger partial charge in [0.2, 0.25) is 0 Å². The lowest BCUT2D eigenvalue weighted by Crippen LogP contribution is -2.30. The second kappa shape index (κ2) is 5.71. The van der Waals surface area contributed by atoms with E-state index in [1.165, 1.54) is 12.1 Å². The Bertz CT molecular complexity index is 497. The number of thioether (sulfide) groups is 1. The Labute approximate surface area is 122 Å². The standard InChI is InChI=1S/C14H18ClFN2S/c1-14(2,3)12-6-7-19-13(18-12)17-11-5-4-9(16)8-10(11)15/h4-5,8,12H,6-7H2,1-3H3,(H,17,18). The van der Waals surface area contributed by atoms with Gasteiger partial charge in [0.1, 0.15) is 5.82 Å². The van der Waals surface area contributed by atoms with Crippen LogP contribution in [0.2, 0.25) is 5.02 Å². The van der Waals surface area contributed by atoms with Gasteiger partial charge in [-0.1, -0.05) is 44.1 Å². The van der Waals surface area contributed by atoms with Gasteiger partial charge in [0, 0.05) is 5.75 Å². The molecule has 2 nitrogen and oxygen atoms in total. The van der Waals surface area contributed by atoms with E-state index < -0.39 is 0 Å². The smallest absolute Gasteiger partial charge is 0.161 e. The van der Waals surface area contributed by atoms with Gasteiger partial charge in [-0.15, -0.1) is 0 Å². The Balaban J connectivity index is 2.16. The molecule has 0 saturated carbocycles. The lowest BCUT2D eigenvalue weighted by molar-refractivity contribution is 0.316. The van der Waals surface area contributed by atoms with Crippen LogP contribution in [0.3, 0.4) is 0 Å². The van der Waals surface area contributed by atoms with Crippen LogP contribution in [0.1, 0.15) is 27.2 Å². The van der Waals surface area contributed by atoms with Crippen LogP contribution in [0.4, 0.5) is 10.1 Å². The van der Waals surface area contributed by atoms with Crippen LogP contribution in [-0.2, 0) is 0 Å². The molecule has 0 bridgehead atoms. The summed E-state index contributed by atoms with van der Waals surface area (Å²) in [6, 6.07) is 4.64. The van der Waals surface area contributed by atoms with E-state index in [1.807, 2.05) is 0 Å². The van der Waals surface area contributed by atoms with Gasteiger partial charge in [0.05, 0.1) is 16.8 Å². The second-order valence-corrected chi connectivity index (χ2v) is 7.19. The fraction of sp³-hybridized carbons (Fsp3) is 0.500. The molecule has 19 heavy (non-hydrogen) atoms. The molecule has 0 fully saturated rings. The lowest BCUT2D eigenvalue weighted by Gasteiger charge is -2.31. The Kier molecular flexibility index (Phi) is 4.41. The van der Waals surface area contributed by atoms with E-state index in [-0.39, 0.29) is 11.2 Å². The first kappa shape index (κ1) is 14.7. The van der Waals surface area contributed by atoms with Gasteiger partial charge in [-0.3, -0.25) is 4.99 Å². The Morgan fingerprint density at radius 3 is 2.79 bits per heavy atom. The average molecular weight is 301 g/mol. The van der Waals surface area contributed by atoms with Gasteiger partial charge in [0.25, 0.3) is 0 Å². The maximum atomic E-state index is 13.0. The average Bonchev–Trinajstić information content (AvgIpc) is 2.32. The van der Waals surface area contributed by atoms with Crippen molar-refractivity contribution in [2.75, 3.05) is 11.1 Å². The molecule has 1 atom stereocenters. The maximum absolute atomic E-state index is 13.0. The molecule has 0 saturated heterocycles. The second-order valence-electron chi connectivity index (χ2n) is 5.70.